The quantitative estimate of drug-likeness (QED) is 0.759. The van der Waals surface area contributed by atoms with E-state index in [1.807, 2.05) is 0 Å². The Morgan fingerprint density at radius 3 is 2.59 bits per heavy atom. The predicted octanol–water partition coefficient (Wildman–Crippen LogP) is 4.12. The van der Waals surface area contributed by atoms with Gasteiger partial charge in [-0.15, -0.1) is 10.2 Å². The van der Waals surface area contributed by atoms with Gasteiger partial charge in [0.25, 0.3) is 0 Å². The van der Waals surface area contributed by atoms with E-state index < -0.39 is 0 Å². The van der Waals surface area contributed by atoms with E-state index in [9.17, 15) is 0 Å². The lowest BCUT2D eigenvalue weighted by molar-refractivity contribution is 0.592. The molecule has 0 aliphatic heterocycles. The molecule has 1 aromatic rings. The number of hydrogen-bond acceptors (Lipinski definition) is 4. The smallest absolute Gasteiger partial charge is 0.205 e. The fourth-order valence-corrected chi connectivity index (χ4v) is 2.78. The molecule has 0 saturated carbocycles. The third kappa shape index (κ3) is 5.48. The van der Waals surface area contributed by atoms with Crippen molar-refractivity contribution in [3.05, 3.63) is 5.01 Å². The third-order valence-corrected chi connectivity index (χ3v) is 3.65. The Bertz CT molecular complexity index is 309. The molecule has 0 spiro atoms. The molecule has 3 nitrogen and oxygen atoms in total. The minimum Gasteiger partial charge on any atom is -0.357 e. The molecule has 0 saturated heterocycles. The van der Waals surface area contributed by atoms with E-state index in [4.69, 9.17) is 0 Å². The van der Waals surface area contributed by atoms with Crippen LogP contribution in [0.5, 0.6) is 0 Å². The lowest BCUT2D eigenvalue weighted by Crippen LogP contribution is -2.17. The van der Waals surface area contributed by atoms with Crippen LogP contribution in [0.1, 0.15) is 58.4 Å². The lowest BCUT2D eigenvalue weighted by atomic mass is 10.1. The van der Waals surface area contributed by atoms with E-state index in [0.717, 1.165) is 23.0 Å². The van der Waals surface area contributed by atoms with Crippen molar-refractivity contribution in [1.29, 1.82) is 0 Å². The highest BCUT2D eigenvalue weighted by molar-refractivity contribution is 7.15. The summed E-state index contributed by atoms with van der Waals surface area (Å²) in [5.74, 6) is 0.651. The number of aromatic nitrogens is 2. The van der Waals surface area contributed by atoms with Crippen LogP contribution in [0, 0.1) is 5.92 Å². The van der Waals surface area contributed by atoms with Gasteiger partial charge in [-0.2, -0.15) is 0 Å². The number of nitrogens with one attached hydrogen (secondary N) is 1. The van der Waals surface area contributed by atoms with Crippen LogP contribution in [0.15, 0.2) is 0 Å². The fourth-order valence-electron chi connectivity index (χ4n) is 1.75. The molecule has 1 rings (SSSR count). The van der Waals surface area contributed by atoms with E-state index >= 15 is 0 Å². The summed E-state index contributed by atoms with van der Waals surface area (Å²) >= 11 is 1.71. The molecule has 0 radical (unpaired) electrons. The summed E-state index contributed by atoms with van der Waals surface area (Å²) < 4.78 is 0. The van der Waals surface area contributed by atoms with E-state index in [-0.39, 0.29) is 0 Å². The Morgan fingerprint density at radius 2 is 2.00 bits per heavy atom. The largest absolute Gasteiger partial charge is 0.357 e. The molecule has 0 aliphatic carbocycles. The van der Waals surface area contributed by atoms with Gasteiger partial charge in [-0.25, -0.2) is 0 Å². The highest BCUT2D eigenvalue weighted by Crippen LogP contribution is 2.20. The van der Waals surface area contributed by atoms with E-state index in [1.165, 1.54) is 19.3 Å². The summed E-state index contributed by atoms with van der Waals surface area (Å²) in [4.78, 5) is 0. The van der Waals surface area contributed by atoms with Gasteiger partial charge < -0.3 is 5.32 Å². The van der Waals surface area contributed by atoms with Gasteiger partial charge in [-0.3, -0.25) is 0 Å². The molecule has 98 valence electrons. The van der Waals surface area contributed by atoms with Crippen LogP contribution in [-0.4, -0.2) is 16.2 Å². The highest BCUT2D eigenvalue weighted by Gasteiger charge is 2.10. The Kier molecular flexibility index (Phi) is 6.48. The minimum absolute atomic E-state index is 0.551. The maximum Gasteiger partial charge on any atom is 0.205 e. The maximum atomic E-state index is 4.23. The minimum atomic E-state index is 0.551. The van der Waals surface area contributed by atoms with Gasteiger partial charge in [0.15, 0.2) is 0 Å². The molecule has 0 amide bonds. The Morgan fingerprint density at radius 1 is 1.24 bits per heavy atom. The molecule has 1 heterocycles. The Labute approximate surface area is 109 Å². The van der Waals surface area contributed by atoms with Crippen LogP contribution in [-0.2, 0) is 6.42 Å². The van der Waals surface area contributed by atoms with Crippen LogP contribution in [0.3, 0.4) is 0 Å². The molecular formula is C13H25N3S. The lowest BCUT2D eigenvalue weighted by Gasteiger charge is -2.14. The summed E-state index contributed by atoms with van der Waals surface area (Å²) in [6, 6.07) is 0.551. The van der Waals surface area contributed by atoms with Crippen molar-refractivity contribution in [3.8, 4) is 0 Å². The van der Waals surface area contributed by atoms with Gasteiger partial charge in [-0.1, -0.05) is 51.9 Å². The zero-order valence-corrected chi connectivity index (χ0v) is 12.3. The van der Waals surface area contributed by atoms with Crippen LogP contribution in [0.25, 0.3) is 0 Å². The van der Waals surface area contributed by atoms with Crippen molar-refractivity contribution in [3.63, 3.8) is 0 Å². The zero-order valence-electron chi connectivity index (χ0n) is 11.5. The van der Waals surface area contributed by atoms with Crippen molar-refractivity contribution in [1.82, 2.24) is 10.2 Å². The Hall–Kier alpha value is -0.640. The fraction of sp³-hybridized carbons (Fsp3) is 0.846. The number of nitrogens with zero attached hydrogens (tertiary/aromatic N) is 2. The second-order valence-electron chi connectivity index (χ2n) is 4.99. The van der Waals surface area contributed by atoms with Crippen molar-refractivity contribution >= 4 is 16.5 Å². The molecule has 0 bridgehead atoms. The van der Waals surface area contributed by atoms with E-state index in [2.05, 4.69) is 43.2 Å². The van der Waals surface area contributed by atoms with Crippen LogP contribution in [0.4, 0.5) is 5.13 Å². The van der Waals surface area contributed by atoms with Gasteiger partial charge in [0.1, 0.15) is 5.01 Å². The molecule has 1 atom stereocenters. The van der Waals surface area contributed by atoms with E-state index in [1.54, 1.807) is 11.3 Å². The number of anilines is 1. The van der Waals surface area contributed by atoms with Gasteiger partial charge in [-0.05, 0) is 18.8 Å². The first-order chi connectivity index (χ1) is 8.15. The van der Waals surface area contributed by atoms with Crippen LogP contribution in [0.2, 0.25) is 0 Å². The SMILES string of the molecule is CCCCC(CC)Nc1nnc(CC(C)C)s1. The molecule has 1 N–H and O–H groups in total. The summed E-state index contributed by atoms with van der Waals surface area (Å²) in [7, 11) is 0. The Balaban J connectivity index is 2.46. The van der Waals surface area contributed by atoms with Gasteiger partial charge in [0.2, 0.25) is 5.13 Å². The summed E-state index contributed by atoms with van der Waals surface area (Å²) in [6.07, 6.45) is 5.95. The topological polar surface area (TPSA) is 37.8 Å². The van der Waals surface area contributed by atoms with Crippen LogP contribution >= 0.6 is 11.3 Å². The predicted molar refractivity (Wildman–Crippen MR) is 75.7 cm³/mol. The van der Waals surface area contributed by atoms with Crippen molar-refractivity contribution in [2.24, 2.45) is 5.92 Å². The molecule has 0 aliphatic rings. The summed E-state index contributed by atoms with van der Waals surface area (Å²) in [5, 5.41) is 14.1. The molecule has 17 heavy (non-hydrogen) atoms. The molecule has 1 unspecified atom stereocenters. The van der Waals surface area contributed by atoms with Gasteiger partial charge in [0, 0.05) is 12.5 Å². The van der Waals surface area contributed by atoms with Crippen molar-refractivity contribution in [2.45, 2.75) is 65.8 Å². The standard InChI is InChI=1S/C13H25N3S/c1-5-7-8-11(6-2)14-13-16-15-12(17-13)9-10(3)4/h10-11H,5-9H2,1-4H3,(H,14,16). The molecule has 1 aromatic heterocycles. The first-order valence-corrected chi connectivity index (χ1v) is 7.56. The van der Waals surface area contributed by atoms with Crippen LogP contribution < -0.4 is 5.32 Å². The van der Waals surface area contributed by atoms with Crippen molar-refractivity contribution < 1.29 is 0 Å². The summed E-state index contributed by atoms with van der Waals surface area (Å²) in [6.45, 7) is 8.89. The number of unbranched alkanes of at least 4 members (excludes halogenated alkanes) is 1. The molecule has 4 heteroatoms. The normalized spacial score (nSPS) is 13.0. The highest BCUT2D eigenvalue weighted by atomic mass is 32.1. The first kappa shape index (κ1) is 14.4. The van der Waals surface area contributed by atoms with Crippen molar-refractivity contribution in [2.75, 3.05) is 5.32 Å². The number of rotatable bonds is 8. The molecular weight excluding hydrogens is 230 g/mol. The second kappa shape index (κ2) is 7.64. The molecule has 0 aromatic carbocycles. The summed E-state index contributed by atoms with van der Waals surface area (Å²) in [5.41, 5.74) is 0. The average molecular weight is 255 g/mol. The van der Waals surface area contributed by atoms with E-state index in [0.29, 0.717) is 12.0 Å². The zero-order chi connectivity index (χ0) is 12.7. The second-order valence-corrected chi connectivity index (χ2v) is 6.05. The maximum absolute atomic E-state index is 4.23. The average Bonchev–Trinajstić information content (AvgIpc) is 2.70. The molecule has 0 fully saturated rings. The monoisotopic (exact) mass is 255 g/mol. The van der Waals surface area contributed by atoms with Gasteiger partial charge >= 0.3 is 0 Å². The van der Waals surface area contributed by atoms with Gasteiger partial charge in [0.05, 0.1) is 0 Å². The first-order valence-electron chi connectivity index (χ1n) is 6.74. The third-order valence-electron chi connectivity index (χ3n) is 2.78. The number of hydrogen-bond donors (Lipinski definition) is 1.